The number of halogens is 1. The van der Waals surface area contributed by atoms with Gasteiger partial charge in [-0.25, -0.2) is 19.3 Å². The van der Waals surface area contributed by atoms with Gasteiger partial charge in [0.2, 0.25) is 5.95 Å². The van der Waals surface area contributed by atoms with Gasteiger partial charge < -0.3 is 4.74 Å². The summed E-state index contributed by atoms with van der Waals surface area (Å²) in [6.07, 6.45) is 9.30. The summed E-state index contributed by atoms with van der Waals surface area (Å²) in [6.45, 7) is 4.04. The predicted molar refractivity (Wildman–Crippen MR) is 123 cm³/mol. The molecule has 8 nitrogen and oxygen atoms in total. The largest absolute Gasteiger partial charge is 0.497 e. The summed E-state index contributed by atoms with van der Waals surface area (Å²) in [7, 11) is 1.51. The topological polar surface area (TPSA) is 88.5 Å². The van der Waals surface area contributed by atoms with Crippen LogP contribution in [-0.2, 0) is 4.79 Å². The van der Waals surface area contributed by atoms with Crippen LogP contribution in [0.1, 0.15) is 27.5 Å². The summed E-state index contributed by atoms with van der Waals surface area (Å²) in [6, 6.07) is 4.27. The molecule has 166 valence electrons. The van der Waals surface area contributed by atoms with Gasteiger partial charge in [-0.1, -0.05) is 12.7 Å². The van der Waals surface area contributed by atoms with Gasteiger partial charge in [-0.05, 0) is 30.0 Å². The Morgan fingerprint density at radius 1 is 1.39 bits per heavy atom. The van der Waals surface area contributed by atoms with E-state index in [-0.39, 0.29) is 18.2 Å². The molecule has 1 fully saturated rings. The molecule has 1 atom stereocenters. The van der Waals surface area contributed by atoms with Gasteiger partial charge in [-0.15, -0.1) is 17.8 Å². The lowest BCUT2D eigenvalue weighted by Crippen LogP contribution is -2.46. The Bertz CT molecular complexity index is 1270. The highest BCUT2D eigenvalue weighted by Gasteiger charge is 2.41. The molecule has 2 aromatic heterocycles. The number of methoxy groups -OCH3 is 1. The maximum absolute atomic E-state index is 13.6. The van der Waals surface area contributed by atoms with Crippen molar-refractivity contribution in [3.63, 3.8) is 0 Å². The molecule has 2 amide bonds. The first-order valence-corrected chi connectivity index (χ1v) is 10.7. The van der Waals surface area contributed by atoms with Crippen LogP contribution in [0.4, 0.5) is 16.0 Å². The summed E-state index contributed by atoms with van der Waals surface area (Å²) in [5.74, 6) is 1.47. The van der Waals surface area contributed by atoms with Crippen molar-refractivity contribution in [2.75, 3.05) is 23.5 Å². The van der Waals surface area contributed by atoms with Crippen LogP contribution in [-0.4, -0.2) is 46.5 Å². The number of benzene rings is 1. The van der Waals surface area contributed by atoms with E-state index < -0.39 is 23.7 Å². The summed E-state index contributed by atoms with van der Waals surface area (Å²) < 4.78 is 18.6. The third-order valence-electron chi connectivity index (χ3n) is 5.07. The summed E-state index contributed by atoms with van der Waals surface area (Å²) in [4.78, 5) is 41.6. The Kier molecular flexibility index (Phi) is 6.15. The van der Waals surface area contributed by atoms with Crippen LogP contribution < -0.4 is 14.5 Å². The molecule has 1 unspecified atom stereocenters. The van der Waals surface area contributed by atoms with Crippen LogP contribution >= 0.6 is 11.3 Å². The zero-order valence-electron chi connectivity index (χ0n) is 17.6. The molecule has 4 rings (SSSR count). The summed E-state index contributed by atoms with van der Waals surface area (Å²) in [5, 5.41) is 1.91. The summed E-state index contributed by atoms with van der Waals surface area (Å²) >= 11 is 1.16. The second kappa shape index (κ2) is 9.18. The highest BCUT2D eigenvalue weighted by Crippen LogP contribution is 2.32. The van der Waals surface area contributed by atoms with E-state index in [1.54, 1.807) is 29.7 Å². The number of amides is 2. The van der Waals surface area contributed by atoms with Crippen molar-refractivity contribution in [1.82, 2.24) is 15.0 Å². The molecule has 1 aromatic carbocycles. The number of nitrogens with zero attached hydrogens (tertiary/aromatic N) is 5. The van der Waals surface area contributed by atoms with E-state index >= 15 is 0 Å². The van der Waals surface area contributed by atoms with Gasteiger partial charge in [-0.2, -0.15) is 0 Å². The second-order valence-corrected chi connectivity index (χ2v) is 7.88. The number of carbonyl (C=O) groups is 2. The molecule has 1 aliphatic heterocycles. The van der Waals surface area contributed by atoms with E-state index in [4.69, 9.17) is 11.2 Å². The van der Waals surface area contributed by atoms with Crippen LogP contribution in [0.25, 0.3) is 6.08 Å². The minimum Gasteiger partial charge on any atom is -0.497 e. The number of hydrogen-bond acceptors (Lipinski definition) is 7. The van der Waals surface area contributed by atoms with E-state index in [9.17, 15) is 14.0 Å². The summed E-state index contributed by atoms with van der Waals surface area (Å²) in [5.41, 5.74) is 1.26. The molecule has 0 saturated carbocycles. The smallest absolute Gasteiger partial charge is 0.278 e. The number of carbonyl (C=O) groups excluding carboxylic acids is 2. The molecule has 10 heteroatoms. The Balaban J connectivity index is 1.77. The van der Waals surface area contributed by atoms with Gasteiger partial charge >= 0.3 is 0 Å². The molecular weight excluding hydrogens is 445 g/mol. The van der Waals surface area contributed by atoms with Gasteiger partial charge in [-0.3, -0.25) is 19.4 Å². The fraction of sp³-hybridized carbons (Fsp3) is 0.174. The number of anilines is 2. The zero-order chi connectivity index (χ0) is 23.5. The van der Waals surface area contributed by atoms with E-state index in [1.165, 1.54) is 16.9 Å². The number of terminal acetylenes is 1. The fourth-order valence-electron chi connectivity index (χ4n) is 3.53. The average Bonchev–Trinajstić information content (AvgIpc) is 3.47. The van der Waals surface area contributed by atoms with E-state index in [0.29, 0.717) is 28.4 Å². The third kappa shape index (κ3) is 4.31. The SMILES string of the molecule is C#Cc1nc(C(=O)N(c2cc(C=C)cc(OC)c2)C2CCN(c3ncc(F)cn3)C2=O)cs1. The van der Waals surface area contributed by atoms with Gasteiger partial charge in [0.05, 0.1) is 19.5 Å². The molecule has 0 radical (unpaired) electrons. The van der Waals surface area contributed by atoms with Gasteiger partial charge in [0.25, 0.3) is 11.8 Å². The minimum atomic E-state index is -0.869. The number of hydrogen-bond donors (Lipinski definition) is 0. The monoisotopic (exact) mass is 463 g/mol. The zero-order valence-corrected chi connectivity index (χ0v) is 18.4. The lowest BCUT2D eigenvalue weighted by atomic mass is 10.1. The predicted octanol–water partition coefficient (Wildman–Crippen LogP) is 3.16. The highest BCUT2D eigenvalue weighted by molar-refractivity contribution is 7.10. The van der Waals surface area contributed by atoms with Crippen molar-refractivity contribution >= 4 is 40.9 Å². The molecule has 3 aromatic rings. The molecule has 0 spiro atoms. The molecule has 0 N–H and O–H groups in total. The van der Waals surface area contributed by atoms with Gasteiger partial charge in [0.15, 0.2) is 10.8 Å². The standard InChI is InChI=1S/C23H18FN5O3S/c1-4-14-8-16(10-17(9-14)32-3)29(21(30)18-13-33-20(5-2)27-18)19-6-7-28(22(19)31)23-25-11-15(24)12-26-23/h2,4,8-13,19H,1,6-7H2,3H3. The van der Waals surface area contributed by atoms with E-state index in [0.717, 1.165) is 23.7 Å². The molecule has 1 saturated heterocycles. The number of rotatable bonds is 6. The normalized spacial score (nSPS) is 15.2. The quantitative estimate of drug-likeness (QED) is 0.522. The van der Waals surface area contributed by atoms with Crippen LogP contribution in [0.5, 0.6) is 5.75 Å². The first-order chi connectivity index (χ1) is 15.9. The molecule has 0 aliphatic carbocycles. The van der Waals surface area contributed by atoms with Crippen molar-refractivity contribution in [3.05, 3.63) is 64.6 Å². The molecule has 0 bridgehead atoms. The van der Waals surface area contributed by atoms with Crippen molar-refractivity contribution in [2.45, 2.75) is 12.5 Å². The van der Waals surface area contributed by atoms with Crippen LogP contribution in [0.2, 0.25) is 0 Å². The molecular formula is C23H18FN5O3S. The first-order valence-electron chi connectivity index (χ1n) is 9.81. The molecule has 3 heterocycles. The highest BCUT2D eigenvalue weighted by atomic mass is 32.1. The Morgan fingerprint density at radius 2 is 2.15 bits per heavy atom. The van der Waals surface area contributed by atoms with Crippen molar-refractivity contribution in [3.8, 4) is 18.1 Å². The Labute approximate surface area is 193 Å². The average molecular weight is 463 g/mol. The maximum atomic E-state index is 13.6. The van der Waals surface area contributed by atoms with Gasteiger partial charge in [0.1, 0.15) is 17.5 Å². The number of thiazole rings is 1. The second-order valence-electron chi connectivity index (χ2n) is 7.02. The van der Waals surface area contributed by atoms with E-state index in [2.05, 4.69) is 27.5 Å². The van der Waals surface area contributed by atoms with E-state index in [1.807, 2.05) is 0 Å². The van der Waals surface area contributed by atoms with Crippen LogP contribution in [0.3, 0.4) is 0 Å². The third-order valence-corrected chi connectivity index (χ3v) is 5.84. The lowest BCUT2D eigenvalue weighted by Gasteiger charge is -2.28. The van der Waals surface area contributed by atoms with Gasteiger partial charge in [0, 0.05) is 23.7 Å². The Hall–Kier alpha value is -4.10. The Morgan fingerprint density at radius 3 is 2.79 bits per heavy atom. The molecule has 33 heavy (non-hydrogen) atoms. The molecule has 1 aliphatic rings. The van der Waals surface area contributed by atoms with Crippen molar-refractivity contribution in [2.24, 2.45) is 0 Å². The number of ether oxygens (including phenoxy) is 1. The lowest BCUT2D eigenvalue weighted by molar-refractivity contribution is -0.118. The van der Waals surface area contributed by atoms with Crippen molar-refractivity contribution < 1.29 is 18.7 Å². The first kappa shape index (κ1) is 22.1. The maximum Gasteiger partial charge on any atom is 0.278 e. The number of aromatic nitrogens is 3. The minimum absolute atomic E-state index is 0.0667. The fourth-order valence-corrected chi connectivity index (χ4v) is 4.12. The van der Waals surface area contributed by atoms with Crippen LogP contribution in [0.15, 0.2) is 42.6 Å². The van der Waals surface area contributed by atoms with Crippen LogP contribution in [0, 0.1) is 18.2 Å². The van der Waals surface area contributed by atoms with Crippen molar-refractivity contribution in [1.29, 1.82) is 0 Å².